The quantitative estimate of drug-likeness (QED) is 0.563. The molecular weight excluding hydrogens is 426 g/mol. The van der Waals surface area contributed by atoms with Crippen LogP contribution < -0.4 is 0 Å². The van der Waals surface area contributed by atoms with Crippen LogP contribution in [-0.4, -0.2) is 47.4 Å². The highest BCUT2D eigenvalue weighted by atomic mass is 79.9. The number of hydrazone groups is 1. The molecule has 0 saturated carbocycles. The first-order valence-electron chi connectivity index (χ1n) is 9.82. The van der Waals surface area contributed by atoms with Crippen LogP contribution in [0.25, 0.3) is 0 Å². The maximum absolute atomic E-state index is 9.68. The van der Waals surface area contributed by atoms with Gasteiger partial charge >= 0.3 is 0 Å². The molecule has 0 spiro atoms. The second kappa shape index (κ2) is 9.25. The molecule has 0 radical (unpaired) electrons. The standard InChI is InChI=1S/C24H24BrN3O/c25-23-12-11-22(29)17-21(23)18-26-28-15-13-27(14-16-28)24(19-7-3-1-4-8-19)20-9-5-2-6-10-20/h1-12,17-18,24,29H,13-16H2/b26-18+. The number of hydrogen-bond acceptors (Lipinski definition) is 4. The zero-order chi connectivity index (χ0) is 20.1. The molecule has 1 N–H and O–H groups in total. The van der Waals surface area contributed by atoms with Crippen LogP contribution in [0.5, 0.6) is 5.75 Å². The van der Waals surface area contributed by atoms with Crippen LogP contribution >= 0.6 is 15.9 Å². The van der Waals surface area contributed by atoms with Crippen molar-refractivity contribution in [1.82, 2.24) is 9.91 Å². The molecule has 1 saturated heterocycles. The van der Waals surface area contributed by atoms with Crippen molar-refractivity contribution in [3.63, 3.8) is 0 Å². The third-order valence-corrected chi connectivity index (χ3v) is 5.95. The first kappa shape index (κ1) is 19.7. The average Bonchev–Trinajstić information content (AvgIpc) is 2.77. The number of hydrogen-bond donors (Lipinski definition) is 1. The lowest BCUT2D eigenvalue weighted by Crippen LogP contribution is -2.45. The van der Waals surface area contributed by atoms with Crippen molar-refractivity contribution in [2.24, 2.45) is 5.10 Å². The summed E-state index contributed by atoms with van der Waals surface area (Å²) >= 11 is 3.51. The summed E-state index contributed by atoms with van der Waals surface area (Å²) in [5, 5.41) is 16.4. The summed E-state index contributed by atoms with van der Waals surface area (Å²) in [7, 11) is 0. The second-order valence-corrected chi connectivity index (χ2v) is 8.02. The van der Waals surface area contributed by atoms with Crippen molar-refractivity contribution in [3.8, 4) is 5.75 Å². The number of phenols is 1. The predicted octanol–water partition coefficient (Wildman–Crippen LogP) is 4.90. The summed E-state index contributed by atoms with van der Waals surface area (Å²) in [5.74, 6) is 0.244. The van der Waals surface area contributed by atoms with Crippen molar-refractivity contribution in [2.45, 2.75) is 6.04 Å². The van der Waals surface area contributed by atoms with Crippen LogP contribution in [0, 0.1) is 0 Å². The maximum Gasteiger partial charge on any atom is 0.116 e. The van der Waals surface area contributed by atoms with Crippen molar-refractivity contribution in [3.05, 3.63) is 100 Å². The van der Waals surface area contributed by atoms with Crippen molar-refractivity contribution >= 4 is 22.1 Å². The molecule has 3 aromatic rings. The summed E-state index contributed by atoms with van der Waals surface area (Å²) in [6.07, 6.45) is 1.81. The molecule has 0 unspecified atom stereocenters. The lowest BCUT2D eigenvalue weighted by Gasteiger charge is -2.38. The highest BCUT2D eigenvalue weighted by Crippen LogP contribution is 2.29. The minimum absolute atomic E-state index is 0.244. The van der Waals surface area contributed by atoms with Gasteiger partial charge in [-0.05, 0) is 29.3 Å². The SMILES string of the molecule is Oc1ccc(Br)c(/C=N/N2CCN(C(c3ccccc3)c3ccccc3)CC2)c1. The molecule has 1 heterocycles. The number of nitrogens with zero attached hydrogens (tertiary/aromatic N) is 3. The van der Waals surface area contributed by atoms with Gasteiger partial charge in [0.15, 0.2) is 0 Å². The van der Waals surface area contributed by atoms with Crippen LogP contribution in [0.1, 0.15) is 22.7 Å². The smallest absolute Gasteiger partial charge is 0.116 e. The van der Waals surface area contributed by atoms with Gasteiger partial charge < -0.3 is 5.11 Å². The van der Waals surface area contributed by atoms with E-state index in [0.29, 0.717) is 0 Å². The van der Waals surface area contributed by atoms with Crippen molar-refractivity contribution in [1.29, 1.82) is 0 Å². The molecule has 0 aromatic heterocycles. The van der Waals surface area contributed by atoms with E-state index in [1.807, 2.05) is 12.3 Å². The molecule has 4 nitrogen and oxygen atoms in total. The predicted molar refractivity (Wildman–Crippen MR) is 121 cm³/mol. The highest BCUT2D eigenvalue weighted by Gasteiger charge is 2.25. The van der Waals surface area contributed by atoms with E-state index in [1.165, 1.54) is 11.1 Å². The summed E-state index contributed by atoms with van der Waals surface area (Å²) in [4.78, 5) is 2.53. The zero-order valence-electron chi connectivity index (χ0n) is 16.2. The van der Waals surface area contributed by atoms with E-state index in [2.05, 4.69) is 91.6 Å². The van der Waals surface area contributed by atoms with Gasteiger partial charge in [-0.1, -0.05) is 76.6 Å². The molecule has 0 aliphatic carbocycles. The molecule has 3 aromatic carbocycles. The Kier molecular flexibility index (Phi) is 6.27. The fourth-order valence-electron chi connectivity index (χ4n) is 3.74. The van der Waals surface area contributed by atoms with Crippen LogP contribution in [0.2, 0.25) is 0 Å². The van der Waals surface area contributed by atoms with Gasteiger partial charge in [-0.15, -0.1) is 0 Å². The van der Waals surface area contributed by atoms with E-state index in [-0.39, 0.29) is 11.8 Å². The summed E-state index contributed by atoms with van der Waals surface area (Å²) in [6.45, 7) is 3.60. The molecule has 1 fully saturated rings. The zero-order valence-corrected chi connectivity index (χ0v) is 17.7. The number of phenolic OH excluding ortho intramolecular Hbond substituents is 1. The van der Waals surface area contributed by atoms with Gasteiger partial charge in [0.25, 0.3) is 0 Å². The van der Waals surface area contributed by atoms with Gasteiger partial charge in [-0.2, -0.15) is 5.10 Å². The number of rotatable bonds is 5. The molecule has 1 aliphatic rings. The van der Waals surface area contributed by atoms with Gasteiger partial charge in [-0.3, -0.25) is 9.91 Å². The Morgan fingerprint density at radius 3 is 2.00 bits per heavy atom. The Morgan fingerprint density at radius 1 is 0.828 bits per heavy atom. The largest absolute Gasteiger partial charge is 0.508 e. The fraction of sp³-hybridized carbons (Fsp3) is 0.208. The number of halogens is 1. The lowest BCUT2D eigenvalue weighted by atomic mass is 9.96. The molecular formula is C24H24BrN3O. The van der Waals surface area contributed by atoms with Crippen molar-refractivity contribution in [2.75, 3.05) is 26.2 Å². The summed E-state index contributed by atoms with van der Waals surface area (Å²) in [6, 6.07) is 26.9. The Morgan fingerprint density at radius 2 is 1.41 bits per heavy atom. The molecule has 0 amide bonds. The molecule has 0 atom stereocenters. The molecule has 5 heteroatoms. The molecule has 148 valence electrons. The summed E-state index contributed by atoms with van der Waals surface area (Å²) in [5.41, 5.74) is 3.51. The van der Waals surface area contributed by atoms with Gasteiger partial charge in [0.05, 0.1) is 12.3 Å². The van der Waals surface area contributed by atoms with E-state index >= 15 is 0 Å². The van der Waals surface area contributed by atoms with E-state index < -0.39 is 0 Å². The Labute approximate surface area is 180 Å². The molecule has 29 heavy (non-hydrogen) atoms. The number of benzene rings is 3. The lowest BCUT2D eigenvalue weighted by molar-refractivity contribution is 0.113. The highest BCUT2D eigenvalue weighted by molar-refractivity contribution is 9.10. The topological polar surface area (TPSA) is 39.1 Å². The first-order valence-corrected chi connectivity index (χ1v) is 10.6. The number of piperazine rings is 1. The number of aromatic hydroxyl groups is 1. The van der Waals surface area contributed by atoms with E-state index in [9.17, 15) is 5.11 Å². The van der Waals surface area contributed by atoms with E-state index in [4.69, 9.17) is 0 Å². The van der Waals surface area contributed by atoms with Gasteiger partial charge in [-0.25, -0.2) is 0 Å². The second-order valence-electron chi connectivity index (χ2n) is 7.16. The Bertz CT molecular complexity index is 915. The van der Waals surface area contributed by atoms with Gasteiger partial charge in [0.2, 0.25) is 0 Å². The maximum atomic E-state index is 9.68. The Balaban J connectivity index is 1.47. The van der Waals surface area contributed by atoms with Crippen LogP contribution in [0.15, 0.2) is 88.4 Å². The van der Waals surface area contributed by atoms with Gasteiger partial charge in [0.1, 0.15) is 5.75 Å². The van der Waals surface area contributed by atoms with Crippen molar-refractivity contribution < 1.29 is 5.11 Å². The van der Waals surface area contributed by atoms with E-state index in [0.717, 1.165) is 36.2 Å². The Hall–Kier alpha value is -2.63. The van der Waals surface area contributed by atoms with Crippen LogP contribution in [-0.2, 0) is 0 Å². The molecule has 4 rings (SSSR count). The van der Waals surface area contributed by atoms with Crippen LogP contribution in [0.3, 0.4) is 0 Å². The summed E-state index contributed by atoms with van der Waals surface area (Å²) < 4.78 is 0.922. The minimum Gasteiger partial charge on any atom is -0.508 e. The van der Waals surface area contributed by atoms with Gasteiger partial charge in [0, 0.05) is 36.2 Å². The molecule has 1 aliphatic heterocycles. The molecule has 0 bridgehead atoms. The normalized spacial score (nSPS) is 15.3. The monoisotopic (exact) mass is 449 g/mol. The average molecular weight is 450 g/mol. The third-order valence-electron chi connectivity index (χ3n) is 5.23. The third kappa shape index (κ3) is 4.86. The van der Waals surface area contributed by atoms with E-state index in [1.54, 1.807) is 12.1 Å². The first-order chi connectivity index (χ1) is 14.2. The van der Waals surface area contributed by atoms with Crippen LogP contribution in [0.4, 0.5) is 0 Å². The fourth-order valence-corrected chi connectivity index (χ4v) is 4.09. The minimum atomic E-state index is 0.244.